The molecular formula is C26H26ClN3O6S. The number of benzene rings is 2. The van der Waals surface area contributed by atoms with Gasteiger partial charge in [0.1, 0.15) is 5.75 Å². The average Bonchev–Trinajstić information content (AvgIpc) is 3.38. The number of hydrogen-bond acceptors (Lipinski definition) is 6. The van der Waals surface area contributed by atoms with Crippen LogP contribution in [0.15, 0.2) is 54.7 Å². The molecule has 0 radical (unpaired) electrons. The molecule has 0 unspecified atom stereocenters. The SMILES string of the molecule is COC(=O)c1cc(C(=O)N2CCC3(CC2)Oc2cc(Cl)ccc2-n2cccc23)cc(N(C)S(C)(=O)=O)c1. The molecule has 1 amide bonds. The van der Waals surface area contributed by atoms with Gasteiger partial charge in [-0.15, -0.1) is 0 Å². The number of carbonyl (C=O) groups excluding carboxylic acids is 2. The summed E-state index contributed by atoms with van der Waals surface area (Å²) >= 11 is 6.23. The predicted molar refractivity (Wildman–Crippen MR) is 139 cm³/mol. The number of likely N-dealkylation sites (tertiary alicyclic amines) is 1. The third kappa shape index (κ3) is 4.44. The van der Waals surface area contributed by atoms with E-state index in [2.05, 4.69) is 4.57 Å². The van der Waals surface area contributed by atoms with Crippen molar-refractivity contribution in [1.29, 1.82) is 0 Å². The molecule has 1 aromatic heterocycles. The molecule has 37 heavy (non-hydrogen) atoms. The monoisotopic (exact) mass is 543 g/mol. The number of amides is 1. The largest absolute Gasteiger partial charge is 0.479 e. The lowest BCUT2D eigenvalue weighted by molar-refractivity contribution is -0.00930. The molecule has 0 bridgehead atoms. The second kappa shape index (κ2) is 9.11. The van der Waals surface area contributed by atoms with E-state index in [1.807, 2.05) is 30.5 Å². The number of carbonyl (C=O) groups is 2. The van der Waals surface area contributed by atoms with Crippen LogP contribution in [-0.4, -0.2) is 63.3 Å². The van der Waals surface area contributed by atoms with Crippen LogP contribution in [0.1, 0.15) is 39.3 Å². The minimum Gasteiger partial charge on any atom is -0.479 e. The molecule has 2 aliphatic rings. The lowest BCUT2D eigenvalue weighted by Crippen LogP contribution is -2.50. The lowest BCUT2D eigenvalue weighted by atomic mass is 9.86. The maximum absolute atomic E-state index is 13.5. The van der Waals surface area contributed by atoms with E-state index in [0.717, 1.165) is 21.9 Å². The van der Waals surface area contributed by atoms with Crippen molar-refractivity contribution < 1.29 is 27.5 Å². The van der Waals surface area contributed by atoms with Crippen LogP contribution < -0.4 is 9.04 Å². The minimum absolute atomic E-state index is 0.0919. The van der Waals surface area contributed by atoms with Crippen molar-refractivity contribution in [3.63, 3.8) is 0 Å². The predicted octanol–water partition coefficient (Wildman–Crippen LogP) is 3.84. The molecule has 194 valence electrons. The van der Waals surface area contributed by atoms with Gasteiger partial charge < -0.3 is 18.9 Å². The number of sulfonamides is 1. The van der Waals surface area contributed by atoms with Crippen LogP contribution in [0, 0.1) is 0 Å². The Morgan fingerprint density at radius 2 is 1.78 bits per heavy atom. The zero-order chi connectivity index (χ0) is 26.5. The Morgan fingerprint density at radius 1 is 1.08 bits per heavy atom. The minimum atomic E-state index is -3.61. The van der Waals surface area contributed by atoms with Gasteiger partial charge in [-0.05, 0) is 42.5 Å². The van der Waals surface area contributed by atoms with Gasteiger partial charge in [-0.25, -0.2) is 13.2 Å². The first-order valence-electron chi connectivity index (χ1n) is 11.7. The molecular weight excluding hydrogens is 518 g/mol. The molecule has 9 nitrogen and oxygen atoms in total. The summed E-state index contributed by atoms with van der Waals surface area (Å²) in [5.74, 6) is -0.280. The van der Waals surface area contributed by atoms with Crippen molar-refractivity contribution >= 4 is 39.2 Å². The first-order chi connectivity index (χ1) is 17.5. The van der Waals surface area contributed by atoms with Gasteiger partial charge in [0.25, 0.3) is 5.91 Å². The van der Waals surface area contributed by atoms with Crippen LogP contribution in [0.3, 0.4) is 0 Å². The van der Waals surface area contributed by atoms with Crippen molar-refractivity contribution in [3.8, 4) is 11.4 Å². The van der Waals surface area contributed by atoms with Crippen LogP contribution in [0.5, 0.6) is 5.75 Å². The Kier molecular flexibility index (Phi) is 6.19. The number of esters is 1. The summed E-state index contributed by atoms with van der Waals surface area (Å²) in [6.07, 6.45) is 4.12. The normalized spacial score (nSPS) is 15.9. The van der Waals surface area contributed by atoms with E-state index in [9.17, 15) is 18.0 Å². The Labute approximate surface area is 220 Å². The summed E-state index contributed by atoms with van der Waals surface area (Å²) in [4.78, 5) is 27.5. The number of rotatable bonds is 4. The van der Waals surface area contributed by atoms with E-state index in [1.165, 1.54) is 32.4 Å². The molecule has 1 spiro atoms. The molecule has 1 saturated heterocycles. The van der Waals surface area contributed by atoms with Gasteiger partial charge in [0.2, 0.25) is 10.0 Å². The first-order valence-corrected chi connectivity index (χ1v) is 13.9. The number of hydrogen-bond donors (Lipinski definition) is 0. The highest BCUT2D eigenvalue weighted by atomic mass is 35.5. The van der Waals surface area contributed by atoms with E-state index >= 15 is 0 Å². The van der Waals surface area contributed by atoms with E-state index in [4.69, 9.17) is 21.1 Å². The van der Waals surface area contributed by atoms with Crippen LogP contribution in [-0.2, 0) is 20.4 Å². The number of ether oxygens (including phenoxy) is 2. The number of nitrogens with zero attached hydrogens (tertiary/aromatic N) is 3. The van der Waals surface area contributed by atoms with Gasteiger partial charge in [-0.3, -0.25) is 9.10 Å². The first kappa shape index (κ1) is 25.2. The third-order valence-electron chi connectivity index (χ3n) is 7.01. The summed E-state index contributed by atoms with van der Waals surface area (Å²) < 4.78 is 38.7. The Balaban J connectivity index is 1.42. The molecule has 2 aromatic carbocycles. The van der Waals surface area contributed by atoms with E-state index in [1.54, 1.807) is 11.0 Å². The van der Waals surface area contributed by atoms with Gasteiger partial charge >= 0.3 is 5.97 Å². The molecule has 0 atom stereocenters. The number of fused-ring (bicyclic) bond motifs is 4. The van der Waals surface area contributed by atoms with Crippen molar-refractivity contribution in [1.82, 2.24) is 9.47 Å². The van der Waals surface area contributed by atoms with Crippen LogP contribution >= 0.6 is 11.6 Å². The zero-order valence-electron chi connectivity index (χ0n) is 20.6. The van der Waals surface area contributed by atoms with E-state index in [0.29, 0.717) is 36.7 Å². The van der Waals surface area contributed by atoms with Crippen molar-refractivity contribution in [2.75, 3.05) is 37.8 Å². The van der Waals surface area contributed by atoms with Gasteiger partial charge in [-0.1, -0.05) is 11.6 Å². The van der Waals surface area contributed by atoms with E-state index in [-0.39, 0.29) is 22.7 Å². The Hall–Kier alpha value is -3.50. The van der Waals surface area contributed by atoms with Gasteiger partial charge in [0.05, 0.1) is 36.0 Å². The number of aromatic nitrogens is 1. The standard InChI is InChI=1S/C26H26ClN3O6S/c1-28(37(3,33)34)20-14-17(13-18(15-20)25(32)35-2)24(31)29-11-8-26(9-12-29)23-5-4-10-30(23)21-7-6-19(27)16-22(21)36-26/h4-7,10,13-16H,8-9,11-12H2,1-3H3. The lowest BCUT2D eigenvalue weighted by Gasteiger charge is -2.45. The number of methoxy groups -OCH3 is 1. The molecule has 3 heterocycles. The highest BCUT2D eigenvalue weighted by Gasteiger charge is 2.44. The molecule has 5 rings (SSSR count). The Morgan fingerprint density at radius 3 is 2.46 bits per heavy atom. The maximum Gasteiger partial charge on any atom is 0.337 e. The second-order valence-electron chi connectivity index (χ2n) is 9.25. The maximum atomic E-state index is 13.5. The van der Waals surface area contributed by atoms with Crippen LogP contribution in [0.2, 0.25) is 5.02 Å². The highest BCUT2D eigenvalue weighted by Crippen LogP contribution is 2.45. The van der Waals surface area contributed by atoms with Crippen molar-refractivity contribution in [3.05, 3.63) is 76.6 Å². The molecule has 11 heteroatoms. The molecule has 0 saturated carbocycles. The molecule has 0 N–H and O–H groups in total. The van der Waals surface area contributed by atoms with Crippen LogP contribution in [0.4, 0.5) is 5.69 Å². The quantitative estimate of drug-likeness (QED) is 0.464. The summed E-state index contributed by atoms with van der Waals surface area (Å²) in [6.45, 7) is 0.805. The third-order valence-corrected chi connectivity index (χ3v) is 8.45. The number of piperidine rings is 1. The second-order valence-corrected chi connectivity index (χ2v) is 11.7. The van der Waals surface area contributed by atoms with Crippen molar-refractivity contribution in [2.24, 2.45) is 0 Å². The van der Waals surface area contributed by atoms with Crippen molar-refractivity contribution in [2.45, 2.75) is 18.4 Å². The number of anilines is 1. The summed E-state index contributed by atoms with van der Waals surface area (Å²) in [7, 11) is -1.02. The van der Waals surface area contributed by atoms with E-state index < -0.39 is 21.6 Å². The summed E-state index contributed by atoms with van der Waals surface area (Å²) in [5, 5.41) is 0.581. The fourth-order valence-electron chi connectivity index (χ4n) is 4.95. The van der Waals surface area contributed by atoms with Gasteiger partial charge in [0, 0.05) is 55.8 Å². The van der Waals surface area contributed by atoms with Gasteiger partial charge in [0.15, 0.2) is 5.60 Å². The molecule has 0 aliphatic carbocycles. The fraction of sp³-hybridized carbons (Fsp3) is 0.308. The zero-order valence-corrected chi connectivity index (χ0v) is 22.2. The number of halogens is 1. The highest BCUT2D eigenvalue weighted by molar-refractivity contribution is 7.92. The summed E-state index contributed by atoms with van der Waals surface area (Å²) in [6, 6.07) is 13.8. The van der Waals surface area contributed by atoms with Gasteiger partial charge in [-0.2, -0.15) is 0 Å². The molecule has 3 aromatic rings. The summed E-state index contributed by atoms with van der Waals surface area (Å²) in [5.41, 5.74) is 1.80. The van der Waals surface area contributed by atoms with Crippen LogP contribution in [0.25, 0.3) is 5.69 Å². The molecule has 2 aliphatic heterocycles. The molecule has 1 fully saturated rings. The smallest absolute Gasteiger partial charge is 0.337 e. The Bertz CT molecular complexity index is 1510. The average molecular weight is 544 g/mol. The topological polar surface area (TPSA) is 98.2 Å². The fourth-order valence-corrected chi connectivity index (χ4v) is 5.60.